The van der Waals surface area contributed by atoms with Crippen molar-refractivity contribution in [2.45, 2.75) is 6.61 Å². The third-order valence-electron chi connectivity index (χ3n) is 2.75. The molecule has 0 unspecified atom stereocenters. The topological polar surface area (TPSA) is 108 Å². The van der Waals surface area contributed by atoms with E-state index in [9.17, 15) is 9.59 Å². The molecule has 0 spiro atoms. The molecule has 20 heavy (non-hydrogen) atoms. The Bertz CT molecular complexity index is 632. The van der Waals surface area contributed by atoms with Crippen molar-refractivity contribution in [3.63, 3.8) is 0 Å². The third kappa shape index (κ3) is 2.81. The highest BCUT2D eigenvalue weighted by Gasteiger charge is 2.12. The van der Waals surface area contributed by atoms with Gasteiger partial charge in [-0.2, -0.15) is 0 Å². The van der Waals surface area contributed by atoms with Crippen LogP contribution < -0.4 is 0 Å². The second-order valence-electron chi connectivity index (χ2n) is 4.11. The van der Waals surface area contributed by atoms with E-state index in [1.54, 1.807) is 12.1 Å². The Morgan fingerprint density at radius 3 is 1.95 bits per heavy atom. The van der Waals surface area contributed by atoms with Crippen molar-refractivity contribution in [2.75, 3.05) is 0 Å². The summed E-state index contributed by atoms with van der Waals surface area (Å²) in [6, 6.07) is 7.09. The Hall–Kier alpha value is -2.73. The van der Waals surface area contributed by atoms with Gasteiger partial charge in [0.2, 0.25) is 0 Å². The van der Waals surface area contributed by atoms with Gasteiger partial charge < -0.3 is 15.3 Å². The highest BCUT2D eigenvalue weighted by atomic mass is 16.4. The van der Waals surface area contributed by atoms with Crippen LogP contribution in [0.3, 0.4) is 0 Å². The molecule has 0 saturated heterocycles. The van der Waals surface area contributed by atoms with E-state index in [-0.39, 0.29) is 17.7 Å². The molecule has 2 rings (SSSR count). The summed E-state index contributed by atoms with van der Waals surface area (Å²) in [5.41, 5.74) is 1.28. The number of hydrogen-bond donors (Lipinski definition) is 3. The van der Waals surface area contributed by atoms with Crippen LogP contribution in [0.2, 0.25) is 0 Å². The Kier molecular flexibility index (Phi) is 3.76. The lowest BCUT2D eigenvalue weighted by Gasteiger charge is -2.06. The van der Waals surface area contributed by atoms with Gasteiger partial charge >= 0.3 is 11.9 Å². The van der Waals surface area contributed by atoms with E-state index in [0.29, 0.717) is 16.8 Å². The number of nitrogens with zero attached hydrogens (tertiary/aromatic N) is 1. The van der Waals surface area contributed by atoms with Gasteiger partial charge in [-0.1, -0.05) is 6.07 Å². The SMILES string of the molecule is O=C(O)c1cc(C(=O)O)cc(-c2ccc(CO)nc2)c1. The lowest BCUT2D eigenvalue weighted by Crippen LogP contribution is -2.03. The minimum absolute atomic E-state index is 0.105. The molecule has 0 aliphatic heterocycles. The molecule has 3 N–H and O–H groups in total. The monoisotopic (exact) mass is 273 g/mol. The van der Waals surface area contributed by atoms with Gasteiger partial charge in [-0.25, -0.2) is 9.59 Å². The molecule has 6 nitrogen and oxygen atoms in total. The molecule has 0 fully saturated rings. The number of carbonyl (C=O) groups is 2. The molecule has 1 aromatic heterocycles. The summed E-state index contributed by atoms with van der Waals surface area (Å²) < 4.78 is 0. The molecule has 0 saturated carbocycles. The molecule has 0 bridgehead atoms. The van der Waals surface area contributed by atoms with Crippen LogP contribution in [0.25, 0.3) is 11.1 Å². The van der Waals surface area contributed by atoms with Crippen molar-refractivity contribution < 1.29 is 24.9 Å². The molecule has 1 aromatic carbocycles. The molecule has 6 heteroatoms. The number of hydrogen-bond acceptors (Lipinski definition) is 4. The molecule has 0 aliphatic rings. The Balaban J connectivity index is 2.53. The second kappa shape index (κ2) is 5.50. The maximum absolute atomic E-state index is 11.0. The summed E-state index contributed by atoms with van der Waals surface area (Å²) in [4.78, 5) is 26.0. The molecule has 2 aromatic rings. The summed E-state index contributed by atoms with van der Waals surface area (Å²) in [6.45, 7) is -0.199. The number of carboxylic acid groups (broad SMARTS) is 2. The van der Waals surface area contributed by atoms with E-state index in [1.165, 1.54) is 18.3 Å². The first-order chi connectivity index (χ1) is 9.51. The number of aromatic carboxylic acids is 2. The number of carboxylic acids is 2. The van der Waals surface area contributed by atoms with E-state index in [0.717, 1.165) is 6.07 Å². The van der Waals surface area contributed by atoms with Gasteiger partial charge in [0.15, 0.2) is 0 Å². The average Bonchev–Trinajstić information content (AvgIpc) is 2.46. The minimum Gasteiger partial charge on any atom is -0.478 e. The Morgan fingerprint density at radius 1 is 0.950 bits per heavy atom. The number of rotatable bonds is 4. The first-order valence-corrected chi connectivity index (χ1v) is 5.69. The van der Waals surface area contributed by atoms with Gasteiger partial charge in [0.25, 0.3) is 0 Å². The maximum atomic E-state index is 11.0. The molecule has 0 atom stereocenters. The smallest absolute Gasteiger partial charge is 0.335 e. The van der Waals surface area contributed by atoms with Crippen molar-refractivity contribution in [1.82, 2.24) is 4.98 Å². The number of pyridine rings is 1. The standard InChI is InChI=1S/C14H11NO5/c16-7-12-2-1-8(6-15-12)9-3-10(13(17)18)5-11(4-9)14(19)20/h1-6,16H,7H2,(H,17,18)(H,19,20). The minimum atomic E-state index is -1.20. The van der Waals surface area contributed by atoms with Gasteiger partial charge in [-0.15, -0.1) is 0 Å². The number of benzene rings is 1. The molecular weight excluding hydrogens is 262 g/mol. The molecular formula is C14H11NO5. The highest BCUT2D eigenvalue weighted by molar-refractivity contribution is 5.96. The van der Waals surface area contributed by atoms with Gasteiger partial charge in [-0.3, -0.25) is 4.98 Å². The van der Waals surface area contributed by atoms with Crippen molar-refractivity contribution in [3.05, 3.63) is 53.3 Å². The summed E-state index contributed by atoms with van der Waals surface area (Å²) in [5, 5.41) is 26.9. The first kappa shape index (κ1) is 13.7. The van der Waals surface area contributed by atoms with Crippen LogP contribution in [0.1, 0.15) is 26.4 Å². The van der Waals surface area contributed by atoms with Crippen molar-refractivity contribution >= 4 is 11.9 Å². The van der Waals surface area contributed by atoms with Crippen LogP contribution in [0.4, 0.5) is 0 Å². The number of aliphatic hydroxyl groups excluding tert-OH is 1. The van der Waals surface area contributed by atoms with E-state index in [4.69, 9.17) is 15.3 Å². The average molecular weight is 273 g/mol. The molecule has 0 aliphatic carbocycles. The fourth-order valence-electron chi connectivity index (χ4n) is 1.73. The van der Waals surface area contributed by atoms with Crippen LogP contribution in [0.5, 0.6) is 0 Å². The molecule has 1 heterocycles. The first-order valence-electron chi connectivity index (χ1n) is 5.69. The van der Waals surface area contributed by atoms with Crippen LogP contribution in [-0.4, -0.2) is 32.2 Å². The molecule has 102 valence electrons. The van der Waals surface area contributed by atoms with E-state index >= 15 is 0 Å². The summed E-state index contributed by atoms with van der Waals surface area (Å²) in [7, 11) is 0. The second-order valence-corrected chi connectivity index (χ2v) is 4.11. The molecule has 0 radical (unpaired) electrons. The summed E-state index contributed by atoms with van der Waals surface area (Å²) in [5.74, 6) is -2.40. The normalized spacial score (nSPS) is 10.2. The fraction of sp³-hybridized carbons (Fsp3) is 0.0714. The van der Waals surface area contributed by atoms with Gasteiger partial charge in [-0.05, 0) is 29.8 Å². The van der Waals surface area contributed by atoms with Crippen molar-refractivity contribution in [1.29, 1.82) is 0 Å². The van der Waals surface area contributed by atoms with Gasteiger partial charge in [0, 0.05) is 11.8 Å². The van der Waals surface area contributed by atoms with Crippen LogP contribution in [-0.2, 0) is 6.61 Å². The van der Waals surface area contributed by atoms with E-state index < -0.39 is 11.9 Å². The molecule has 0 amide bonds. The lowest BCUT2D eigenvalue weighted by atomic mass is 10.0. The highest BCUT2D eigenvalue weighted by Crippen LogP contribution is 2.22. The van der Waals surface area contributed by atoms with Crippen LogP contribution in [0, 0.1) is 0 Å². The predicted octanol–water partition coefficient (Wildman–Crippen LogP) is 1.64. The van der Waals surface area contributed by atoms with Gasteiger partial charge in [0.1, 0.15) is 0 Å². The van der Waals surface area contributed by atoms with E-state index in [2.05, 4.69) is 4.98 Å². The quantitative estimate of drug-likeness (QED) is 0.781. The zero-order valence-electron chi connectivity index (χ0n) is 10.3. The van der Waals surface area contributed by atoms with Crippen LogP contribution in [0.15, 0.2) is 36.5 Å². The van der Waals surface area contributed by atoms with Gasteiger partial charge in [0.05, 0.1) is 23.4 Å². The number of aromatic nitrogens is 1. The Labute approximate surface area is 114 Å². The lowest BCUT2D eigenvalue weighted by molar-refractivity contribution is 0.0696. The zero-order valence-corrected chi connectivity index (χ0v) is 10.3. The van der Waals surface area contributed by atoms with Crippen LogP contribution >= 0.6 is 0 Å². The Morgan fingerprint density at radius 2 is 1.55 bits per heavy atom. The predicted molar refractivity (Wildman–Crippen MR) is 69.5 cm³/mol. The maximum Gasteiger partial charge on any atom is 0.335 e. The summed E-state index contributed by atoms with van der Waals surface area (Å²) >= 11 is 0. The summed E-state index contributed by atoms with van der Waals surface area (Å²) in [6.07, 6.45) is 1.46. The fourth-order valence-corrected chi connectivity index (χ4v) is 1.73. The largest absolute Gasteiger partial charge is 0.478 e. The van der Waals surface area contributed by atoms with E-state index in [1.807, 2.05) is 0 Å². The zero-order chi connectivity index (χ0) is 14.7. The third-order valence-corrected chi connectivity index (χ3v) is 2.75. The number of aliphatic hydroxyl groups is 1. The van der Waals surface area contributed by atoms with Crippen molar-refractivity contribution in [2.24, 2.45) is 0 Å². The van der Waals surface area contributed by atoms with Crippen molar-refractivity contribution in [3.8, 4) is 11.1 Å².